The van der Waals surface area contributed by atoms with Crippen LogP contribution in [0.2, 0.25) is 0 Å². The maximum Gasteiger partial charge on any atom is 0.322 e. The summed E-state index contributed by atoms with van der Waals surface area (Å²) in [5.41, 5.74) is 3.96. The topological polar surface area (TPSA) is 35.6 Å². The lowest BCUT2D eigenvalue weighted by atomic mass is 9.89. The number of hydrogen-bond donors (Lipinski definition) is 1. The minimum Gasteiger partial charge on any atom is -0.333 e. The summed E-state index contributed by atoms with van der Waals surface area (Å²) in [6, 6.07) is 12.9. The molecule has 4 nitrogen and oxygen atoms in total. The summed E-state index contributed by atoms with van der Waals surface area (Å²) in [6.07, 6.45) is 0.946. The van der Waals surface area contributed by atoms with E-state index in [1.807, 2.05) is 11.0 Å². The normalized spacial score (nSPS) is 22.0. The number of urea groups is 1. The number of benzene rings is 2. The number of anilines is 1. The van der Waals surface area contributed by atoms with Crippen LogP contribution in [0.25, 0.3) is 0 Å². The number of carbonyl (C=O) groups excluding carboxylic acids is 1. The van der Waals surface area contributed by atoms with Crippen molar-refractivity contribution in [3.63, 3.8) is 0 Å². The first kappa shape index (κ1) is 17.0. The quantitative estimate of drug-likeness (QED) is 0.894. The molecular weight excluding hydrogens is 329 g/mol. The first-order valence-corrected chi connectivity index (χ1v) is 9.14. The van der Waals surface area contributed by atoms with Crippen molar-refractivity contribution in [1.29, 1.82) is 0 Å². The molecule has 2 unspecified atom stereocenters. The lowest BCUT2D eigenvalue weighted by Gasteiger charge is -2.36. The third-order valence-electron chi connectivity index (χ3n) is 5.56. The van der Waals surface area contributed by atoms with Gasteiger partial charge >= 0.3 is 6.03 Å². The molecule has 0 aromatic heterocycles. The molecule has 4 rings (SSSR count). The lowest BCUT2D eigenvalue weighted by molar-refractivity contribution is 0.219. The second-order valence-corrected chi connectivity index (χ2v) is 7.41. The number of rotatable bonds is 2. The highest BCUT2D eigenvalue weighted by Crippen LogP contribution is 2.44. The van der Waals surface area contributed by atoms with Crippen LogP contribution in [0.4, 0.5) is 14.9 Å². The molecule has 1 fully saturated rings. The van der Waals surface area contributed by atoms with E-state index < -0.39 is 0 Å². The third-order valence-corrected chi connectivity index (χ3v) is 5.56. The Morgan fingerprint density at radius 2 is 2.08 bits per heavy atom. The van der Waals surface area contributed by atoms with E-state index in [4.69, 9.17) is 0 Å². The van der Waals surface area contributed by atoms with Crippen molar-refractivity contribution in [3.8, 4) is 0 Å². The highest BCUT2D eigenvalue weighted by atomic mass is 19.1. The Hall–Kier alpha value is -2.40. The molecule has 2 atom stereocenters. The zero-order valence-electron chi connectivity index (χ0n) is 15.2. The van der Waals surface area contributed by atoms with Crippen molar-refractivity contribution < 1.29 is 9.18 Å². The van der Waals surface area contributed by atoms with Crippen molar-refractivity contribution >= 4 is 11.7 Å². The van der Waals surface area contributed by atoms with Crippen LogP contribution in [0.5, 0.6) is 0 Å². The largest absolute Gasteiger partial charge is 0.333 e. The van der Waals surface area contributed by atoms with Gasteiger partial charge in [-0.05, 0) is 44.6 Å². The van der Waals surface area contributed by atoms with Crippen LogP contribution in [-0.4, -0.2) is 37.1 Å². The van der Waals surface area contributed by atoms with Gasteiger partial charge in [-0.15, -0.1) is 0 Å². The molecule has 136 valence electrons. The monoisotopic (exact) mass is 353 g/mol. The molecule has 5 heteroatoms. The first-order chi connectivity index (χ1) is 12.5. The number of fused-ring (bicyclic) bond motifs is 3. The van der Waals surface area contributed by atoms with E-state index >= 15 is 0 Å². The fraction of sp³-hybridized carbons (Fsp3) is 0.381. The van der Waals surface area contributed by atoms with E-state index in [0.717, 1.165) is 25.2 Å². The predicted octanol–water partition coefficient (Wildman–Crippen LogP) is 3.65. The highest BCUT2D eigenvalue weighted by molar-refractivity contribution is 5.95. The molecule has 2 aromatic carbocycles. The molecule has 0 radical (unpaired) electrons. The maximum absolute atomic E-state index is 13.8. The summed E-state index contributed by atoms with van der Waals surface area (Å²) in [4.78, 5) is 17.2. The molecule has 0 aliphatic carbocycles. The number of halogens is 1. The van der Waals surface area contributed by atoms with Crippen LogP contribution < -0.4 is 10.2 Å². The number of likely N-dealkylation sites (N-methyl/N-ethyl adjacent to an activating group) is 1. The van der Waals surface area contributed by atoms with E-state index in [9.17, 15) is 9.18 Å². The second-order valence-electron chi connectivity index (χ2n) is 7.41. The maximum atomic E-state index is 13.8. The Labute approximate surface area is 153 Å². The molecule has 2 aliphatic heterocycles. The average molecular weight is 353 g/mol. The van der Waals surface area contributed by atoms with Gasteiger partial charge in [-0.25, -0.2) is 9.18 Å². The van der Waals surface area contributed by atoms with Crippen molar-refractivity contribution in [1.82, 2.24) is 10.2 Å². The second kappa shape index (κ2) is 6.72. The van der Waals surface area contributed by atoms with Gasteiger partial charge in [0.05, 0.1) is 0 Å². The molecule has 2 amide bonds. The van der Waals surface area contributed by atoms with E-state index in [1.165, 1.54) is 17.2 Å². The van der Waals surface area contributed by atoms with Crippen molar-refractivity contribution in [2.24, 2.45) is 0 Å². The van der Waals surface area contributed by atoms with Gasteiger partial charge in [-0.2, -0.15) is 0 Å². The standard InChI is InChI=1S/C21H24FN3O/c1-14-7-8-19-16(11-14)17-13-24(2)10-9-20(17)25(19)21(26)23-12-15-5-3-4-6-18(15)22/h3-8,11,17,20H,9-10,12-13H2,1-2H3,(H,23,26). The summed E-state index contributed by atoms with van der Waals surface area (Å²) in [5.74, 6) is 0.0466. The third kappa shape index (κ3) is 2.97. The number of nitrogens with zero attached hydrogens (tertiary/aromatic N) is 2. The number of nitrogens with one attached hydrogen (secondary N) is 1. The van der Waals surface area contributed by atoms with Crippen LogP contribution in [0.15, 0.2) is 42.5 Å². The minimum atomic E-state index is -0.289. The molecular formula is C21H24FN3O. The van der Waals surface area contributed by atoms with Crippen LogP contribution >= 0.6 is 0 Å². The summed E-state index contributed by atoms with van der Waals surface area (Å²) >= 11 is 0. The summed E-state index contributed by atoms with van der Waals surface area (Å²) in [5, 5.41) is 2.91. The van der Waals surface area contributed by atoms with Crippen molar-refractivity contribution in [2.75, 3.05) is 25.0 Å². The lowest BCUT2D eigenvalue weighted by Crippen LogP contribution is -2.50. The number of hydrogen-bond acceptors (Lipinski definition) is 2. The van der Waals surface area contributed by atoms with Gasteiger partial charge in [0, 0.05) is 36.3 Å². The van der Waals surface area contributed by atoms with Gasteiger partial charge in [0.1, 0.15) is 5.82 Å². The summed E-state index contributed by atoms with van der Waals surface area (Å²) in [6.45, 7) is 4.21. The number of aryl methyl sites for hydroxylation is 1. The first-order valence-electron chi connectivity index (χ1n) is 9.14. The minimum absolute atomic E-state index is 0.143. The Morgan fingerprint density at radius 3 is 2.88 bits per heavy atom. The Balaban J connectivity index is 1.59. The van der Waals surface area contributed by atoms with E-state index in [1.54, 1.807) is 18.2 Å². The number of piperidine rings is 1. The zero-order chi connectivity index (χ0) is 18.3. The van der Waals surface area contributed by atoms with Gasteiger partial charge in [0.2, 0.25) is 0 Å². The van der Waals surface area contributed by atoms with E-state index in [-0.39, 0.29) is 24.4 Å². The Bertz CT molecular complexity index is 838. The van der Waals surface area contributed by atoms with E-state index in [2.05, 4.69) is 36.3 Å². The van der Waals surface area contributed by atoms with Crippen LogP contribution in [0.1, 0.15) is 29.0 Å². The average Bonchev–Trinajstić information content (AvgIpc) is 2.94. The van der Waals surface area contributed by atoms with Gasteiger partial charge in [0.15, 0.2) is 0 Å². The molecule has 0 spiro atoms. The smallest absolute Gasteiger partial charge is 0.322 e. The van der Waals surface area contributed by atoms with Crippen LogP contribution in [-0.2, 0) is 6.54 Å². The van der Waals surface area contributed by atoms with Crippen molar-refractivity contribution in [2.45, 2.75) is 31.8 Å². The molecule has 0 saturated carbocycles. The molecule has 1 saturated heterocycles. The van der Waals surface area contributed by atoms with Gasteiger partial charge in [-0.3, -0.25) is 4.90 Å². The molecule has 1 N–H and O–H groups in total. The highest BCUT2D eigenvalue weighted by Gasteiger charge is 2.43. The number of amides is 2. The fourth-order valence-corrected chi connectivity index (χ4v) is 4.24. The molecule has 2 heterocycles. The number of carbonyl (C=O) groups is 1. The van der Waals surface area contributed by atoms with Crippen LogP contribution in [0, 0.1) is 12.7 Å². The zero-order valence-corrected chi connectivity index (χ0v) is 15.2. The van der Waals surface area contributed by atoms with Crippen LogP contribution in [0.3, 0.4) is 0 Å². The number of likely N-dealkylation sites (tertiary alicyclic amines) is 1. The van der Waals surface area contributed by atoms with Crippen molar-refractivity contribution in [3.05, 3.63) is 65.0 Å². The SMILES string of the molecule is Cc1ccc2c(c1)C1CN(C)CCC1N2C(=O)NCc1ccccc1F. The van der Waals surface area contributed by atoms with E-state index in [0.29, 0.717) is 11.5 Å². The van der Waals surface area contributed by atoms with Gasteiger partial charge in [0.25, 0.3) is 0 Å². The summed E-state index contributed by atoms with van der Waals surface area (Å²) in [7, 11) is 2.13. The Kier molecular flexibility index (Phi) is 4.41. The molecule has 2 aromatic rings. The van der Waals surface area contributed by atoms with Gasteiger partial charge in [-0.1, -0.05) is 35.9 Å². The molecule has 2 aliphatic rings. The van der Waals surface area contributed by atoms with Gasteiger partial charge < -0.3 is 10.2 Å². The molecule has 0 bridgehead atoms. The Morgan fingerprint density at radius 1 is 1.27 bits per heavy atom. The predicted molar refractivity (Wildman–Crippen MR) is 101 cm³/mol. The molecule has 26 heavy (non-hydrogen) atoms. The summed E-state index contributed by atoms with van der Waals surface area (Å²) < 4.78 is 13.8. The fourth-order valence-electron chi connectivity index (χ4n) is 4.24.